The van der Waals surface area contributed by atoms with Gasteiger partial charge in [0.1, 0.15) is 0 Å². The van der Waals surface area contributed by atoms with Crippen molar-refractivity contribution in [1.82, 2.24) is 14.7 Å². The summed E-state index contributed by atoms with van der Waals surface area (Å²) >= 11 is 0. The molecule has 3 aromatic rings. The minimum absolute atomic E-state index is 0.184. The van der Waals surface area contributed by atoms with Crippen molar-refractivity contribution in [3.05, 3.63) is 65.2 Å². The van der Waals surface area contributed by atoms with Crippen LogP contribution in [0.15, 0.2) is 42.6 Å². The van der Waals surface area contributed by atoms with Crippen molar-refractivity contribution in [2.45, 2.75) is 52.0 Å². The number of carbonyl (C=O) groups excluding carboxylic acids is 2. The highest BCUT2D eigenvalue weighted by molar-refractivity contribution is 6.06. The second-order valence-corrected chi connectivity index (χ2v) is 7.82. The van der Waals surface area contributed by atoms with Crippen molar-refractivity contribution < 1.29 is 9.59 Å². The van der Waals surface area contributed by atoms with E-state index in [1.807, 2.05) is 50.2 Å². The lowest BCUT2D eigenvalue weighted by molar-refractivity contribution is 0.0925. The number of nitrogens with zero attached hydrogens (tertiary/aromatic N) is 2. The first-order valence-electron chi connectivity index (χ1n) is 10.2. The highest BCUT2D eigenvalue weighted by Gasteiger charge is 2.24. The Kier molecular flexibility index (Phi) is 5.34. The largest absolute Gasteiger partial charge is 0.348 e. The molecule has 1 fully saturated rings. The monoisotopic (exact) mass is 390 g/mol. The molecule has 0 saturated heterocycles. The maximum atomic E-state index is 13.0. The lowest BCUT2D eigenvalue weighted by Crippen LogP contribution is -2.36. The first-order valence-corrected chi connectivity index (χ1v) is 10.2. The van der Waals surface area contributed by atoms with Crippen molar-refractivity contribution in [3.8, 4) is 0 Å². The summed E-state index contributed by atoms with van der Waals surface area (Å²) in [6, 6.07) is 11.6. The molecule has 0 bridgehead atoms. The van der Waals surface area contributed by atoms with E-state index in [1.54, 1.807) is 10.6 Å². The van der Waals surface area contributed by atoms with Crippen molar-refractivity contribution in [2.24, 2.45) is 0 Å². The molecule has 4 rings (SSSR count). The van der Waals surface area contributed by atoms with E-state index in [0.717, 1.165) is 42.5 Å². The minimum Gasteiger partial charge on any atom is -0.348 e. The van der Waals surface area contributed by atoms with Crippen LogP contribution >= 0.6 is 0 Å². The van der Waals surface area contributed by atoms with Crippen molar-refractivity contribution >= 4 is 23.0 Å². The molecule has 2 aromatic heterocycles. The number of anilines is 1. The standard InChI is InChI=1S/C23H26N4O2/c1-15-11-12-16(2)18(14-15)25-23(29)21-26-20(19-10-6-7-13-27(19)21)22(28)24-17-8-4-3-5-9-17/h6-7,10-14,17H,3-5,8-9H2,1-2H3,(H,24,28)(H,25,29). The Hall–Kier alpha value is -3.15. The molecular weight excluding hydrogens is 364 g/mol. The van der Waals surface area contributed by atoms with Gasteiger partial charge in [-0.3, -0.25) is 14.0 Å². The predicted octanol–water partition coefficient (Wildman–Crippen LogP) is 4.27. The van der Waals surface area contributed by atoms with Crippen LogP contribution in [0, 0.1) is 13.8 Å². The Balaban J connectivity index is 1.64. The molecule has 150 valence electrons. The molecule has 0 spiro atoms. The van der Waals surface area contributed by atoms with E-state index in [4.69, 9.17) is 0 Å². The molecule has 2 N–H and O–H groups in total. The lowest BCUT2D eigenvalue weighted by atomic mass is 9.95. The highest BCUT2D eigenvalue weighted by Crippen LogP contribution is 2.21. The van der Waals surface area contributed by atoms with Gasteiger partial charge in [0.05, 0.1) is 5.52 Å². The number of aryl methyl sites for hydroxylation is 2. The average molecular weight is 390 g/mol. The van der Waals surface area contributed by atoms with Gasteiger partial charge in [0.2, 0.25) is 5.82 Å². The fraction of sp³-hybridized carbons (Fsp3) is 0.348. The zero-order valence-electron chi connectivity index (χ0n) is 16.9. The first kappa shape index (κ1) is 19.2. The van der Waals surface area contributed by atoms with E-state index < -0.39 is 0 Å². The molecule has 1 aromatic carbocycles. The summed E-state index contributed by atoms with van der Waals surface area (Å²) in [7, 11) is 0. The highest BCUT2D eigenvalue weighted by atomic mass is 16.2. The van der Waals surface area contributed by atoms with Gasteiger partial charge in [-0.05, 0) is 56.0 Å². The molecule has 6 heteroatoms. The predicted molar refractivity (Wildman–Crippen MR) is 113 cm³/mol. The van der Waals surface area contributed by atoms with E-state index in [1.165, 1.54) is 6.42 Å². The molecule has 0 aliphatic heterocycles. The molecular formula is C23H26N4O2. The number of rotatable bonds is 4. The fourth-order valence-corrected chi connectivity index (χ4v) is 3.91. The molecule has 2 amide bonds. The zero-order chi connectivity index (χ0) is 20.4. The summed E-state index contributed by atoms with van der Waals surface area (Å²) in [5.41, 5.74) is 3.71. The van der Waals surface area contributed by atoms with Crippen LogP contribution < -0.4 is 10.6 Å². The van der Waals surface area contributed by atoms with Crippen LogP contribution in [-0.4, -0.2) is 27.2 Å². The van der Waals surface area contributed by atoms with E-state index in [2.05, 4.69) is 15.6 Å². The Morgan fingerprint density at radius 2 is 1.83 bits per heavy atom. The number of benzene rings is 1. The van der Waals surface area contributed by atoms with Crippen LogP contribution in [0.4, 0.5) is 5.69 Å². The van der Waals surface area contributed by atoms with Gasteiger partial charge in [0.25, 0.3) is 11.8 Å². The summed E-state index contributed by atoms with van der Waals surface area (Å²) in [4.78, 5) is 30.3. The second kappa shape index (κ2) is 8.07. The summed E-state index contributed by atoms with van der Waals surface area (Å²) in [6.45, 7) is 3.93. The topological polar surface area (TPSA) is 75.5 Å². The lowest BCUT2D eigenvalue weighted by Gasteiger charge is -2.22. The number of pyridine rings is 1. The van der Waals surface area contributed by atoms with Crippen molar-refractivity contribution in [3.63, 3.8) is 0 Å². The van der Waals surface area contributed by atoms with Crippen LogP contribution in [0.5, 0.6) is 0 Å². The number of hydrogen-bond donors (Lipinski definition) is 2. The number of amides is 2. The van der Waals surface area contributed by atoms with Gasteiger partial charge in [0.15, 0.2) is 5.69 Å². The molecule has 0 unspecified atom stereocenters. The number of fused-ring (bicyclic) bond motifs is 1. The Morgan fingerprint density at radius 3 is 2.62 bits per heavy atom. The first-order chi connectivity index (χ1) is 14.0. The molecule has 2 heterocycles. The Bertz CT molecular complexity index is 1060. The van der Waals surface area contributed by atoms with Gasteiger partial charge in [-0.25, -0.2) is 4.98 Å². The number of carbonyl (C=O) groups is 2. The summed E-state index contributed by atoms with van der Waals surface area (Å²) in [5.74, 6) is -0.349. The molecule has 6 nitrogen and oxygen atoms in total. The van der Waals surface area contributed by atoms with Crippen molar-refractivity contribution in [1.29, 1.82) is 0 Å². The van der Waals surface area contributed by atoms with Gasteiger partial charge in [-0.1, -0.05) is 37.5 Å². The van der Waals surface area contributed by atoms with Gasteiger partial charge in [0, 0.05) is 17.9 Å². The molecule has 0 radical (unpaired) electrons. The Morgan fingerprint density at radius 1 is 1.03 bits per heavy atom. The maximum Gasteiger partial charge on any atom is 0.292 e. The summed E-state index contributed by atoms with van der Waals surface area (Å²) in [5, 5.41) is 6.04. The smallest absolute Gasteiger partial charge is 0.292 e. The van der Waals surface area contributed by atoms with Crippen LogP contribution in [0.1, 0.15) is 64.3 Å². The third-order valence-corrected chi connectivity index (χ3v) is 5.55. The Labute approximate surface area is 170 Å². The molecule has 1 saturated carbocycles. The maximum absolute atomic E-state index is 13.0. The quantitative estimate of drug-likeness (QED) is 0.699. The average Bonchev–Trinajstić information content (AvgIpc) is 3.11. The van der Waals surface area contributed by atoms with Gasteiger partial charge in [-0.15, -0.1) is 0 Å². The SMILES string of the molecule is Cc1ccc(C)c(NC(=O)c2nc(C(=O)NC3CCCCC3)c3ccccn23)c1. The molecule has 1 aliphatic carbocycles. The van der Waals surface area contributed by atoms with E-state index >= 15 is 0 Å². The molecule has 29 heavy (non-hydrogen) atoms. The van der Waals surface area contributed by atoms with Gasteiger partial charge in [-0.2, -0.15) is 0 Å². The number of nitrogens with one attached hydrogen (secondary N) is 2. The van der Waals surface area contributed by atoms with Gasteiger partial charge < -0.3 is 10.6 Å². The van der Waals surface area contributed by atoms with E-state index in [-0.39, 0.29) is 23.7 Å². The minimum atomic E-state index is -0.336. The van der Waals surface area contributed by atoms with Crippen molar-refractivity contribution in [2.75, 3.05) is 5.32 Å². The third kappa shape index (κ3) is 4.01. The van der Waals surface area contributed by atoms with Crippen LogP contribution in [-0.2, 0) is 0 Å². The van der Waals surface area contributed by atoms with Crippen LogP contribution in [0.2, 0.25) is 0 Å². The number of aromatic nitrogens is 2. The van der Waals surface area contributed by atoms with E-state index in [0.29, 0.717) is 11.2 Å². The second-order valence-electron chi connectivity index (χ2n) is 7.82. The van der Waals surface area contributed by atoms with E-state index in [9.17, 15) is 9.59 Å². The molecule has 1 aliphatic rings. The summed E-state index contributed by atoms with van der Waals surface area (Å²) in [6.07, 6.45) is 7.26. The molecule has 0 atom stereocenters. The van der Waals surface area contributed by atoms with Crippen LogP contribution in [0.3, 0.4) is 0 Å². The third-order valence-electron chi connectivity index (χ3n) is 5.55. The zero-order valence-corrected chi connectivity index (χ0v) is 16.9. The summed E-state index contributed by atoms with van der Waals surface area (Å²) < 4.78 is 1.68. The van der Waals surface area contributed by atoms with Crippen LogP contribution in [0.25, 0.3) is 5.52 Å². The normalized spacial score (nSPS) is 14.7. The fourth-order valence-electron chi connectivity index (χ4n) is 3.91. The number of hydrogen-bond acceptors (Lipinski definition) is 3. The number of imidazole rings is 1. The van der Waals surface area contributed by atoms with Gasteiger partial charge >= 0.3 is 0 Å².